The van der Waals surface area contributed by atoms with Gasteiger partial charge in [-0.15, -0.1) is 0 Å². The Morgan fingerprint density at radius 1 is 1.12 bits per heavy atom. The number of ether oxygens (including phenoxy) is 2. The highest BCUT2D eigenvalue weighted by atomic mass is 35.5. The number of carbonyl (C=O) groups is 1. The van der Waals surface area contributed by atoms with E-state index >= 15 is 0 Å². The number of benzene rings is 1. The number of carbonyl (C=O) groups excluding carboxylic acids is 1. The lowest BCUT2D eigenvalue weighted by atomic mass is 10.2. The highest BCUT2D eigenvalue weighted by molar-refractivity contribution is 5.92. The van der Waals surface area contributed by atoms with E-state index in [0.29, 0.717) is 25.5 Å². The molecule has 6 nitrogen and oxygen atoms in total. The van der Waals surface area contributed by atoms with E-state index in [2.05, 4.69) is 4.98 Å². The summed E-state index contributed by atoms with van der Waals surface area (Å²) in [6, 6.07) is 13.1. The predicted octanol–water partition coefficient (Wildman–Crippen LogP) is -1.32. The maximum Gasteiger partial charge on any atom is 0.254 e. The number of aromatic nitrogens is 2. The maximum absolute atomic E-state index is 11.1. The van der Waals surface area contributed by atoms with E-state index in [1.54, 1.807) is 29.1 Å². The highest BCUT2D eigenvalue weighted by Crippen LogP contribution is 2.22. The molecule has 2 heterocycles. The minimum absolute atomic E-state index is 0. The van der Waals surface area contributed by atoms with Gasteiger partial charge in [-0.2, -0.15) is 4.57 Å². The number of rotatable bonds is 7. The molecule has 0 aliphatic carbocycles. The van der Waals surface area contributed by atoms with Gasteiger partial charge in [0, 0.05) is 17.6 Å². The second kappa shape index (κ2) is 8.96. The van der Waals surface area contributed by atoms with Gasteiger partial charge in [-0.1, -0.05) is 18.2 Å². The molecule has 0 aliphatic heterocycles. The third-order valence-corrected chi connectivity index (χ3v) is 3.46. The van der Waals surface area contributed by atoms with Crippen LogP contribution in [0.3, 0.4) is 0 Å². The van der Waals surface area contributed by atoms with Gasteiger partial charge < -0.3 is 27.6 Å². The molecule has 0 radical (unpaired) electrons. The molecule has 1 amide bonds. The number of fused-ring (bicyclic) bond motifs is 1. The van der Waals surface area contributed by atoms with E-state index in [-0.39, 0.29) is 12.4 Å². The number of hydrogen-bond donors (Lipinski definition) is 1. The molecule has 7 heteroatoms. The summed E-state index contributed by atoms with van der Waals surface area (Å²) in [5.74, 6) is 0.274. The number of primary amides is 1. The normalized spacial score (nSPS) is 10.2. The van der Waals surface area contributed by atoms with Crippen molar-refractivity contribution in [2.45, 2.75) is 6.73 Å². The van der Waals surface area contributed by atoms with E-state index in [0.717, 1.165) is 16.7 Å². The number of nitrogens with two attached hydrogens (primary N) is 1. The van der Waals surface area contributed by atoms with Gasteiger partial charge in [-0.05, 0) is 18.2 Å². The molecular formula is C18H18ClN3O3. The maximum atomic E-state index is 11.1. The number of amides is 1. The summed E-state index contributed by atoms with van der Waals surface area (Å²) < 4.78 is 13.1. The average molecular weight is 360 g/mol. The molecule has 3 aromatic rings. The predicted molar refractivity (Wildman–Crippen MR) is 88.3 cm³/mol. The third kappa shape index (κ3) is 4.89. The second-order valence-electron chi connectivity index (χ2n) is 5.19. The molecule has 0 bridgehead atoms. The third-order valence-electron chi connectivity index (χ3n) is 3.46. The van der Waals surface area contributed by atoms with Crippen molar-refractivity contribution in [3.05, 3.63) is 66.6 Å². The Labute approximate surface area is 151 Å². The van der Waals surface area contributed by atoms with Crippen molar-refractivity contribution in [3.8, 4) is 5.75 Å². The van der Waals surface area contributed by atoms with Gasteiger partial charge in [0.15, 0.2) is 12.4 Å². The molecule has 3 rings (SSSR count). The fourth-order valence-corrected chi connectivity index (χ4v) is 2.32. The lowest BCUT2D eigenvalue weighted by Gasteiger charge is -2.08. The first kappa shape index (κ1) is 18.6. The molecule has 1 aromatic carbocycles. The van der Waals surface area contributed by atoms with E-state index in [1.165, 1.54) is 0 Å². The van der Waals surface area contributed by atoms with E-state index in [9.17, 15) is 4.79 Å². The number of para-hydroxylation sites is 1. The largest absolute Gasteiger partial charge is 1.00 e. The van der Waals surface area contributed by atoms with Crippen molar-refractivity contribution >= 4 is 16.8 Å². The Kier molecular flexibility index (Phi) is 6.68. The first-order valence-electron chi connectivity index (χ1n) is 7.57. The molecule has 0 fully saturated rings. The van der Waals surface area contributed by atoms with Crippen molar-refractivity contribution in [1.82, 2.24) is 4.98 Å². The summed E-state index contributed by atoms with van der Waals surface area (Å²) >= 11 is 0. The van der Waals surface area contributed by atoms with Crippen LogP contribution in [0.5, 0.6) is 5.75 Å². The number of halogens is 1. The van der Waals surface area contributed by atoms with Crippen molar-refractivity contribution in [3.63, 3.8) is 0 Å². The van der Waals surface area contributed by atoms with Gasteiger partial charge in [0.25, 0.3) is 12.6 Å². The molecule has 0 saturated heterocycles. The Bertz CT molecular complexity index is 852. The number of pyridine rings is 2. The summed E-state index contributed by atoms with van der Waals surface area (Å²) in [6.45, 7) is 1.14. The first-order valence-corrected chi connectivity index (χ1v) is 7.57. The van der Waals surface area contributed by atoms with Crippen LogP contribution in [-0.2, 0) is 11.5 Å². The SMILES string of the molecule is NC(=O)c1ccc[n+](COCCOc2cccc3cccnc23)c1.[Cl-]. The van der Waals surface area contributed by atoms with Crippen LogP contribution in [-0.4, -0.2) is 24.1 Å². The van der Waals surface area contributed by atoms with Crippen LogP contribution in [0.15, 0.2) is 61.1 Å². The molecule has 25 heavy (non-hydrogen) atoms. The minimum Gasteiger partial charge on any atom is -1.00 e. The fraction of sp³-hybridized carbons (Fsp3) is 0.167. The smallest absolute Gasteiger partial charge is 0.254 e. The zero-order valence-corrected chi connectivity index (χ0v) is 14.2. The lowest BCUT2D eigenvalue weighted by Crippen LogP contribution is -3.00. The van der Waals surface area contributed by atoms with Crippen LogP contribution >= 0.6 is 0 Å². The monoisotopic (exact) mass is 359 g/mol. The van der Waals surface area contributed by atoms with Gasteiger partial charge in [0.05, 0.1) is 6.61 Å². The summed E-state index contributed by atoms with van der Waals surface area (Å²) in [4.78, 5) is 15.5. The standard InChI is InChI=1S/C18H17N3O3.ClH/c19-18(22)15-6-3-9-21(12-15)13-23-10-11-24-16-7-1-4-14-5-2-8-20-17(14)16;/h1-9,12H,10-11,13H2,(H-,19,22);1H. The van der Waals surface area contributed by atoms with Gasteiger partial charge in [-0.3, -0.25) is 9.78 Å². The molecule has 0 saturated carbocycles. The van der Waals surface area contributed by atoms with Gasteiger partial charge in [0.2, 0.25) is 0 Å². The minimum atomic E-state index is -0.462. The van der Waals surface area contributed by atoms with Gasteiger partial charge in [0.1, 0.15) is 23.4 Å². The van der Waals surface area contributed by atoms with Crippen LogP contribution in [0.2, 0.25) is 0 Å². The molecule has 0 aliphatic rings. The summed E-state index contributed by atoms with van der Waals surface area (Å²) in [7, 11) is 0. The first-order chi connectivity index (χ1) is 11.7. The van der Waals surface area contributed by atoms with Gasteiger partial charge in [-0.25, -0.2) is 0 Å². The van der Waals surface area contributed by atoms with Crippen LogP contribution in [0, 0.1) is 0 Å². The quantitative estimate of drug-likeness (QED) is 0.419. The Morgan fingerprint density at radius 3 is 2.80 bits per heavy atom. The fourth-order valence-electron chi connectivity index (χ4n) is 2.32. The number of hydrogen-bond acceptors (Lipinski definition) is 4. The van der Waals surface area contributed by atoms with E-state index in [4.69, 9.17) is 15.2 Å². The molecule has 2 N–H and O–H groups in total. The van der Waals surface area contributed by atoms with E-state index < -0.39 is 5.91 Å². The van der Waals surface area contributed by atoms with Crippen molar-refractivity contribution < 1.29 is 31.2 Å². The molecule has 0 spiro atoms. The Balaban J connectivity index is 0.00000225. The summed E-state index contributed by atoms with van der Waals surface area (Å²) in [5, 5.41) is 1.04. The van der Waals surface area contributed by atoms with E-state index in [1.807, 2.05) is 36.5 Å². The van der Waals surface area contributed by atoms with Crippen LogP contribution in [0.25, 0.3) is 10.9 Å². The molecule has 130 valence electrons. The molecule has 2 aromatic heterocycles. The zero-order valence-electron chi connectivity index (χ0n) is 13.5. The average Bonchev–Trinajstić information content (AvgIpc) is 2.62. The van der Waals surface area contributed by atoms with Crippen LogP contribution in [0.4, 0.5) is 0 Å². The zero-order chi connectivity index (χ0) is 16.8. The number of nitrogens with zero attached hydrogens (tertiary/aromatic N) is 2. The van der Waals surface area contributed by atoms with Crippen molar-refractivity contribution in [2.75, 3.05) is 13.2 Å². The van der Waals surface area contributed by atoms with Gasteiger partial charge >= 0.3 is 0 Å². The summed E-state index contributed by atoms with van der Waals surface area (Å²) in [6.07, 6.45) is 5.20. The topological polar surface area (TPSA) is 78.3 Å². The molecule has 0 atom stereocenters. The lowest BCUT2D eigenvalue weighted by molar-refractivity contribution is -0.732. The summed E-state index contributed by atoms with van der Waals surface area (Å²) in [5.41, 5.74) is 6.53. The Hall–Kier alpha value is -2.70. The highest BCUT2D eigenvalue weighted by Gasteiger charge is 2.07. The second-order valence-corrected chi connectivity index (χ2v) is 5.19. The Morgan fingerprint density at radius 2 is 1.96 bits per heavy atom. The molecular weight excluding hydrogens is 342 g/mol. The van der Waals surface area contributed by atoms with Crippen LogP contribution < -0.4 is 27.4 Å². The molecule has 0 unspecified atom stereocenters. The van der Waals surface area contributed by atoms with Crippen molar-refractivity contribution in [1.29, 1.82) is 0 Å². The van der Waals surface area contributed by atoms with Crippen LogP contribution in [0.1, 0.15) is 10.4 Å². The van der Waals surface area contributed by atoms with Crippen molar-refractivity contribution in [2.24, 2.45) is 5.73 Å².